The van der Waals surface area contributed by atoms with Crippen LogP contribution in [0.1, 0.15) is 46.6 Å². The molecule has 17 heavy (non-hydrogen) atoms. The zero-order valence-electron chi connectivity index (χ0n) is 12.0. The van der Waals surface area contributed by atoms with E-state index in [2.05, 4.69) is 52.9 Å². The molecule has 1 rings (SSSR count). The van der Waals surface area contributed by atoms with Crippen LogP contribution in [0.5, 0.6) is 0 Å². The summed E-state index contributed by atoms with van der Waals surface area (Å²) in [5.41, 5.74) is 9.43. The number of nitrogen functional groups attached to an aromatic ring is 1. The molecule has 1 aromatic carbocycles. The molecule has 0 aromatic heterocycles. The highest BCUT2D eigenvalue weighted by Gasteiger charge is 2.25. The van der Waals surface area contributed by atoms with Crippen molar-refractivity contribution in [3.8, 4) is 0 Å². The molecule has 0 aliphatic rings. The van der Waals surface area contributed by atoms with Gasteiger partial charge in [0.15, 0.2) is 0 Å². The Morgan fingerprint density at radius 1 is 1.12 bits per heavy atom. The third-order valence-corrected chi connectivity index (χ3v) is 2.65. The maximum Gasteiger partial charge on any atom is 0.0580 e. The van der Waals surface area contributed by atoms with Crippen molar-refractivity contribution in [3.05, 3.63) is 23.8 Å². The van der Waals surface area contributed by atoms with Crippen LogP contribution >= 0.6 is 0 Å². The molecule has 0 saturated heterocycles. The second-order valence-electron chi connectivity index (χ2n) is 6.84. The minimum atomic E-state index is 0.0418. The van der Waals surface area contributed by atoms with Crippen molar-refractivity contribution in [1.82, 2.24) is 0 Å². The Labute approximate surface area is 106 Å². The van der Waals surface area contributed by atoms with Crippen LogP contribution < -0.4 is 11.1 Å². The highest BCUT2D eigenvalue weighted by molar-refractivity contribution is 5.67. The Kier molecular flexibility index (Phi) is 3.75. The molecule has 0 atom stereocenters. The molecule has 96 valence electrons. The van der Waals surface area contributed by atoms with Gasteiger partial charge in [0.2, 0.25) is 0 Å². The first kappa shape index (κ1) is 13.9. The number of anilines is 2. The quantitative estimate of drug-likeness (QED) is 0.769. The average molecular weight is 234 g/mol. The van der Waals surface area contributed by atoms with Crippen LogP contribution in [0.4, 0.5) is 11.4 Å². The van der Waals surface area contributed by atoms with Crippen LogP contribution in [-0.2, 0) is 0 Å². The van der Waals surface area contributed by atoms with Gasteiger partial charge in [-0.1, -0.05) is 26.8 Å². The van der Waals surface area contributed by atoms with E-state index in [1.807, 2.05) is 12.1 Å². The lowest BCUT2D eigenvalue weighted by Crippen LogP contribution is -2.35. The molecule has 0 aliphatic heterocycles. The van der Waals surface area contributed by atoms with Gasteiger partial charge in [-0.2, -0.15) is 0 Å². The smallest absolute Gasteiger partial charge is 0.0580 e. The number of rotatable bonds is 3. The molecule has 0 aliphatic carbocycles. The summed E-state index contributed by atoms with van der Waals surface area (Å²) in [5.74, 6) is 0. The molecule has 0 amide bonds. The molecule has 1 aromatic rings. The van der Waals surface area contributed by atoms with Crippen molar-refractivity contribution in [2.75, 3.05) is 11.1 Å². The summed E-state index contributed by atoms with van der Waals surface area (Å²) in [6.07, 6.45) is 1.09. The fourth-order valence-corrected chi connectivity index (χ4v) is 2.51. The highest BCUT2D eigenvalue weighted by atomic mass is 15.0. The number of nitrogens with two attached hydrogens (primary N) is 1. The van der Waals surface area contributed by atoms with Gasteiger partial charge in [0, 0.05) is 5.54 Å². The van der Waals surface area contributed by atoms with Crippen LogP contribution in [0.3, 0.4) is 0 Å². The summed E-state index contributed by atoms with van der Waals surface area (Å²) in [5, 5.41) is 3.56. The Balaban J connectivity index is 2.86. The molecule has 0 spiro atoms. The van der Waals surface area contributed by atoms with E-state index in [9.17, 15) is 0 Å². The van der Waals surface area contributed by atoms with Gasteiger partial charge in [-0.05, 0) is 50.3 Å². The van der Waals surface area contributed by atoms with E-state index in [0.717, 1.165) is 17.8 Å². The van der Waals surface area contributed by atoms with E-state index < -0.39 is 0 Å². The largest absolute Gasteiger partial charge is 0.397 e. The van der Waals surface area contributed by atoms with Crippen LogP contribution in [0.2, 0.25) is 0 Å². The van der Waals surface area contributed by atoms with Gasteiger partial charge < -0.3 is 11.1 Å². The fraction of sp³-hybridized carbons (Fsp3) is 0.600. The fourth-order valence-electron chi connectivity index (χ4n) is 2.51. The van der Waals surface area contributed by atoms with E-state index in [4.69, 9.17) is 5.73 Å². The van der Waals surface area contributed by atoms with Gasteiger partial charge in [-0.15, -0.1) is 0 Å². The summed E-state index contributed by atoms with van der Waals surface area (Å²) < 4.78 is 0. The predicted molar refractivity (Wildman–Crippen MR) is 77.4 cm³/mol. The molecule has 0 heterocycles. The Bertz CT molecular complexity index is 386. The van der Waals surface area contributed by atoms with E-state index in [1.54, 1.807) is 0 Å². The van der Waals surface area contributed by atoms with Crippen LogP contribution in [0.25, 0.3) is 0 Å². The summed E-state index contributed by atoms with van der Waals surface area (Å²) in [4.78, 5) is 0. The molecule has 3 N–H and O–H groups in total. The van der Waals surface area contributed by atoms with Crippen molar-refractivity contribution in [2.45, 2.75) is 53.5 Å². The Morgan fingerprint density at radius 2 is 1.71 bits per heavy atom. The molecule has 2 nitrogen and oxygen atoms in total. The van der Waals surface area contributed by atoms with Gasteiger partial charge in [-0.3, -0.25) is 0 Å². The number of hydrogen-bond donors (Lipinski definition) is 2. The van der Waals surface area contributed by atoms with Crippen molar-refractivity contribution < 1.29 is 0 Å². The third-order valence-electron chi connectivity index (χ3n) is 2.65. The average Bonchev–Trinajstić information content (AvgIpc) is 2.06. The molecule has 0 saturated carbocycles. The number of hydrogen-bond acceptors (Lipinski definition) is 2. The number of nitrogens with one attached hydrogen (secondary N) is 1. The first-order valence-electron chi connectivity index (χ1n) is 6.23. The molecule has 0 unspecified atom stereocenters. The standard InChI is InChI=1S/C15H26N2/c1-11-7-8-12(16)13(9-11)17-15(5,6)10-14(2,3)4/h7-9,17H,10,16H2,1-6H3. The minimum absolute atomic E-state index is 0.0418. The lowest BCUT2D eigenvalue weighted by molar-refractivity contribution is 0.302. The van der Waals surface area contributed by atoms with Crippen LogP contribution in [0, 0.1) is 12.3 Å². The Hall–Kier alpha value is -1.18. The van der Waals surface area contributed by atoms with Gasteiger partial charge in [0.25, 0.3) is 0 Å². The highest BCUT2D eigenvalue weighted by Crippen LogP contribution is 2.31. The van der Waals surface area contributed by atoms with Gasteiger partial charge in [-0.25, -0.2) is 0 Å². The van der Waals surface area contributed by atoms with Crippen molar-refractivity contribution in [1.29, 1.82) is 0 Å². The third kappa shape index (κ3) is 4.68. The normalized spacial score (nSPS) is 12.6. The van der Waals surface area contributed by atoms with Crippen LogP contribution in [-0.4, -0.2) is 5.54 Å². The summed E-state index contributed by atoms with van der Waals surface area (Å²) in [6.45, 7) is 13.3. The summed E-state index contributed by atoms with van der Waals surface area (Å²) in [7, 11) is 0. The minimum Gasteiger partial charge on any atom is -0.397 e. The van der Waals surface area contributed by atoms with E-state index in [0.29, 0.717) is 5.41 Å². The lowest BCUT2D eigenvalue weighted by Gasteiger charge is -2.34. The predicted octanol–water partition coefficient (Wildman–Crippen LogP) is 4.20. The Morgan fingerprint density at radius 3 is 2.24 bits per heavy atom. The van der Waals surface area contributed by atoms with E-state index in [1.165, 1.54) is 5.56 Å². The summed E-state index contributed by atoms with van der Waals surface area (Å²) in [6, 6.07) is 6.11. The first-order chi connectivity index (χ1) is 7.59. The zero-order chi connectivity index (χ0) is 13.3. The topological polar surface area (TPSA) is 38.0 Å². The zero-order valence-corrected chi connectivity index (χ0v) is 12.0. The lowest BCUT2D eigenvalue weighted by atomic mass is 9.81. The van der Waals surface area contributed by atoms with Crippen molar-refractivity contribution in [3.63, 3.8) is 0 Å². The van der Waals surface area contributed by atoms with E-state index in [-0.39, 0.29) is 5.54 Å². The number of benzene rings is 1. The maximum atomic E-state index is 6.00. The molecule has 0 fully saturated rings. The van der Waals surface area contributed by atoms with Gasteiger partial charge in [0.05, 0.1) is 11.4 Å². The first-order valence-corrected chi connectivity index (χ1v) is 6.23. The second-order valence-corrected chi connectivity index (χ2v) is 6.84. The monoisotopic (exact) mass is 234 g/mol. The van der Waals surface area contributed by atoms with Crippen molar-refractivity contribution >= 4 is 11.4 Å². The van der Waals surface area contributed by atoms with Crippen LogP contribution in [0.15, 0.2) is 18.2 Å². The maximum absolute atomic E-state index is 6.00. The molecular weight excluding hydrogens is 208 g/mol. The second kappa shape index (κ2) is 4.59. The van der Waals surface area contributed by atoms with Crippen molar-refractivity contribution in [2.24, 2.45) is 5.41 Å². The summed E-state index contributed by atoms with van der Waals surface area (Å²) >= 11 is 0. The van der Waals surface area contributed by atoms with Gasteiger partial charge in [0.1, 0.15) is 0 Å². The van der Waals surface area contributed by atoms with Gasteiger partial charge >= 0.3 is 0 Å². The number of aryl methyl sites for hydroxylation is 1. The molecule has 2 heteroatoms. The molecule has 0 radical (unpaired) electrons. The van der Waals surface area contributed by atoms with E-state index >= 15 is 0 Å². The SMILES string of the molecule is Cc1ccc(N)c(NC(C)(C)CC(C)(C)C)c1. The molecular formula is C15H26N2. The molecule has 0 bridgehead atoms.